The number of nitrogens with one attached hydrogen (secondary N) is 1. The predicted octanol–water partition coefficient (Wildman–Crippen LogP) is 2.61. The monoisotopic (exact) mass is 279 g/mol. The molecule has 0 aliphatic heterocycles. The lowest BCUT2D eigenvalue weighted by molar-refractivity contribution is 0.268. The van der Waals surface area contributed by atoms with Gasteiger partial charge in [0, 0.05) is 30.4 Å². The summed E-state index contributed by atoms with van der Waals surface area (Å²) >= 11 is 0. The third-order valence-electron chi connectivity index (χ3n) is 3.52. The van der Waals surface area contributed by atoms with Crippen LogP contribution in [0.5, 0.6) is 5.75 Å². The fourth-order valence-corrected chi connectivity index (χ4v) is 2.00. The van der Waals surface area contributed by atoms with Gasteiger partial charge in [0.15, 0.2) is 0 Å². The zero-order chi connectivity index (χ0) is 15.0. The first-order valence-electron chi connectivity index (χ1n) is 7.45. The second-order valence-electron chi connectivity index (χ2n) is 5.60. The summed E-state index contributed by atoms with van der Waals surface area (Å²) < 4.78 is 5.26. The average molecular weight is 279 g/mol. The van der Waals surface area contributed by atoms with Crippen LogP contribution in [0.2, 0.25) is 0 Å². The van der Waals surface area contributed by atoms with E-state index in [0.29, 0.717) is 6.04 Å². The van der Waals surface area contributed by atoms with Crippen LogP contribution < -0.4 is 10.1 Å². The highest BCUT2D eigenvalue weighted by atomic mass is 16.5. The van der Waals surface area contributed by atoms with Gasteiger partial charge in [-0.1, -0.05) is 0 Å². The molecule has 4 nitrogen and oxygen atoms in total. The molecule has 0 bridgehead atoms. The Bertz CT molecular complexity index is 393. The van der Waals surface area contributed by atoms with Crippen molar-refractivity contribution in [1.29, 1.82) is 0 Å². The normalized spacial score (nSPS) is 11.3. The Morgan fingerprint density at radius 1 is 1.30 bits per heavy atom. The van der Waals surface area contributed by atoms with E-state index >= 15 is 0 Å². The molecular formula is C16H29N3O. The van der Waals surface area contributed by atoms with Gasteiger partial charge in [0.25, 0.3) is 0 Å². The molecular weight excluding hydrogens is 250 g/mol. The second-order valence-corrected chi connectivity index (χ2v) is 5.60. The molecule has 0 fully saturated rings. The van der Waals surface area contributed by atoms with Crippen LogP contribution in [0.15, 0.2) is 12.1 Å². The van der Waals surface area contributed by atoms with E-state index in [1.54, 1.807) is 7.11 Å². The lowest BCUT2D eigenvalue weighted by atomic mass is 10.2. The molecule has 0 saturated carbocycles. The maximum absolute atomic E-state index is 5.26. The predicted molar refractivity (Wildman–Crippen MR) is 84.2 cm³/mol. The molecule has 114 valence electrons. The van der Waals surface area contributed by atoms with Crippen LogP contribution in [-0.4, -0.2) is 43.2 Å². The molecule has 20 heavy (non-hydrogen) atoms. The minimum absolute atomic E-state index is 0.631. The third-order valence-corrected chi connectivity index (χ3v) is 3.52. The van der Waals surface area contributed by atoms with E-state index in [1.165, 1.54) is 12.8 Å². The minimum Gasteiger partial charge on any atom is -0.497 e. The van der Waals surface area contributed by atoms with Crippen molar-refractivity contribution in [3.63, 3.8) is 0 Å². The first-order chi connectivity index (χ1) is 9.52. The van der Waals surface area contributed by atoms with E-state index in [9.17, 15) is 0 Å². The molecule has 1 aromatic rings. The van der Waals surface area contributed by atoms with Crippen molar-refractivity contribution in [3.05, 3.63) is 23.5 Å². The summed E-state index contributed by atoms with van der Waals surface area (Å²) in [7, 11) is 3.87. The zero-order valence-corrected chi connectivity index (χ0v) is 13.6. The van der Waals surface area contributed by atoms with Gasteiger partial charge in [-0.2, -0.15) is 0 Å². The summed E-state index contributed by atoms with van der Waals surface area (Å²) in [5.41, 5.74) is 2.04. The van der Waals surface area contributed by atoms with E-state index < -0.39 is 0 Å². The topological polar surface area (TPSA) is 37.4 Å². The standard InChI is InChI=1S/C16H29N3O/c1-13(2)19(4)9-7-6-8-17-12-15-11-16(20-5)10-14(3)18-15/h10-11,13,17H,6-9,12H2,1-5H3. The van der Waals surface area contributed by atoms with Crippen molar-refractivity contribution in [1.82, 2.24) is 15.2 Å². The van der Waals surface area contributed by atoms with Crippen LogP contribution in [0.3, 0.4) is 0 Å². The highest BCUT2D eigenvalue weighted by molar-refractivity contribution is 5.26. The van der Waals surface area contributed by atoms with Gasteiger partial charge in [-0.05, 0) is 53.8 Å². The number of hydrogen-bond acceptors (Lipinski definition) is 4. The van der Waals surface area contributed by atoms with Crippen molar-refractivity contribution >= 4 is 0 Å². The molecule has 0 aliphatic rings. The van der Waals surface area contributed by atoms with E-state index in [-0.39, 0.29) is 0 Å². The van der Waals surface area contributed by atoms with E-state index in [4.69, 9.17) is 4.74 Å². The first kappa shape index (κ1) is 16.9. The number of aryl methyl sites for hydroxylation is 1. The Hall–Kier alpha value is -1.13. The Morgan fingerprint density at radius 2 is 2.05 bits per heavy atom. The Morgan fingerprint density at radius 3 is 2.70 bits per heavy atom. The second kappa shape index (κ2) is 8.93. The number of aromatic nitrogens is 1. The molecule has 4 heteroatoms. The van der Waals surface area contributed by atoms with Crippen LogP contribution in [-0.2, 0) is 6.54 Å². The highest BCUT2D eigenvalue weighted by Gasteiger charge is 2.02. The summed E-state index contributed by atoms with van der Waals surface area (Å²) in [6, 6.07) is 4.57. The number of ether oxygens (including phenoxy) is 1. The molecule has 1 N–H and O–H groups in total. The van der Waals surface area contributed by atoms with Gasteiger partial charge in [0.05, 0.1) is 12.8 Å². The van der Waals surface area contributed by atoms with Gasteiger partial charge in [0.1, 0.15) is 5.75 Å². The van der Waals surface area contributed by atoms with Crippen molar-refractivity contribution in [2.24, 2.45) is 0 Å². The minimum atomic E-state index is 0.631. The molecule has 1 aromatic heterocycles. The molecule has 0 aromatic carbocycles. The van der Waals surface area contributed by atoms with Gasteiger partial charge in [-0.15, -0.1) is 0 Å². The average Bonchev–Trinajstić information content (AvgIpc) is 2.41. The lowest BCUT2D eigenvalue weighted by Crippen LogP contribution is -2.27. The van der Waals surface area contributed by atoms with Crippen molar-refractivity contribution in [3.8, 4) is 5.75 Å². The van der Waals surface area contributed by atoms with E-state index in [1.807, 2.05) is 19.1 Å². The third kappa shape index (κ3) is 6.35. The molecule has 0 saturated heterocycles. The van der Waals surface area contributed by atoms with Crippen LogP contribution >= 0.6 is 0 Å². The van der Waals surface area contributed by atoms with Gasteiger partial charge in [0.2, 0.25) is 0 Å². The molecule has 0 unspecified atom stereocenters. The smallest absolute Gasteiger partial charge is 0.122 e. The molecule has 0 aliphatic carbocycles. The SMILES string of the molecule is COc1cc(C)nc(CNCCCCN(C)C(C)C)c1. The Labute approximate surface area is 123 Å². The van der Waals surface area contributed by atoms with E-state index in [2.05, 4.69) is 36.1 Å². The largest absolute Gasteiger partial charge is 0.497 e. The van der Waals surface area contributed by atoms with Crippen LogP contribution in [0.1, 0.15) is 38.1 Å². The number of pyridine rings is 1. The van der Waals surface area contributed by atoms with E-state index in [0.717, 1.165) is 36.8 Å². The van der Waals surface area contributed by atoms with Crippen LogP contribution in [0.25, 0.3) is 0 Å². The van der Waals surface area contributed by atoms with Gasteiger partial charge in [-0.3, -0.25) is 4.98 Å². The quantitative estimate of drug-likeness (QED) is 0.705. The zero-order valence-electron chi connectivity index (χ0n) is 13.6. The van der Waals surface area contributed by atoms with Crippen LogP contribution in [0, 0.1) is 6.92 Å². The fourth-order valence-electron chi connectivity index (χ4n) is 2.00. The number of unbranched alkanes of at least 4 members (excludes halogenated alkanes) is 1. The lowest BCUT2D eigenvalue weighted by Gasteiger charge is -2.20. The summed E-state index contributed by atoms with van der Waals surface area (Å²) in [6.07, 6.45) is 2.42. The molecule has 1 rings (SSSR count). The molecule has 0 spiro atoms. The number of hydrogen-bond donors (Lipinski definition) is 1. The Balaban J connectivity index is 2.20. The van der Waals surface area contributed by atoms with Crippen molar-refractivity contribution in [2.75, 3.05) is 27.2 Å². The number of methoxy groups -OCH3 is 1. The number of rotatable bonds is 9. The summed E-state index contributed by atoms with van der Waals surface area (Å²) in [4.78, 5) is 6.88. The fraction of sp³-hybridized carbons (Fsp3) is 0.688. The highest BCUT2D eigenvalue weighted by Crippen LogP contribution is 2.13. The maximum atomic E-state index is 5.26. The van der Waals surface area contributed by atoms with Gasteiger partial charge >= 0.3 is 0 Å². The van der Waals surface area contributed by atoms with Crippen molar-refractivity contribution < 1.29 is 4.74 Å². The summed E-state index contributed by atoms with van der Waals surface area (Å²) in [5, 5.41) is 3.45. The van der Waals surface area contributed by atoms with Gasteiger partial charge < -0.3 is 15.0 Å². The summed E-state index contributed by atoms with van der Waals surface area (Å²) in [5.74, 6) is 0.882. The number of nitrogens with zero attached hydrogens (tertiary/aromatic N) is 2. The molecule has 0 amide bonds. The molecule has 0 atom stereocenters. The molecule has 0 radical (unpaired) electrons. The Kier molecular flexibility index (Phi) is 7.55. The van der Waals surface area contributed by atoms with Gasteiger partial charge in [-0.25, -0.2) is 0 Å². The maximum Gasteiger partial charge on any atom is 0.122 e. The molecule has 1 heterocycles. The van der Waals surface area contributed by atoms with Crippen LogP contribution in [0.4, 0.5) is 0 Å². The van der Waals surface area contributed by atoms with Crippen molar-refractivity contribution in [2.45, 2.75) is 46.2 Å². The first-order valence-corrected chi connectivity index (χ1v) is 7.45. The summed E-state index contributed by atoms with van der Waals surface area (Å²) in [6.45, 7) is 9.45.